The van der Waals surface area contributed by atoms with Crippen LogP contribution in [0.5, 0.6) is 0 Å². The van der Waals surface area contributed by atoms with Gasteiger partial charge in [0.2, 0.25) is 11.7 Å². The lowest BCUT2D eigenvalue weighted by Gasteiger charge is -2.30. The molecule has 150 valence electrons. The Kier molecular flexibility index (Phi) is 4.17. The van der Waals surface area contributed by atoms with E-state index < -0.39 is 11.8 Å². The number of benzene rings is 1. The van der Waals surface area contributed by atoms with Gasteiger partial charge in [-0.1, -0.05) is 23.8 Å². The lowest BCUT2D eigenvalue weighted by Crippen LogP contribution is -2.31. The number of Topliss-reactive ketones (excluding diaryl/α,β-unsaturated/α-hetero) is 1. The summed E-state index contributed by atoms with van der Waals surface area (Å²) in [5.41, 5.74) is 4.57. The molecule has 0 atom stereocenters. The second kappa shape index (κ2) is 6.88. The number of aromatic nitrogens is 2. The van der Waals surface area contributed by atoms with E-state index in [9.17, 15) is 14.7 Å². The van der Waals surface area contributed by atoms with Gasteiger partial charge in [0.05, 0.1) is 0 Å². The van der Waals surface area contributed by atoms with Crippen molar-refractivity contribution in [2.24, 2.45) is 0 Å². The van der Waals surface area contributed by atoms with Crippen LogP contribution in [0.25, 0.3) is 17.1 Å². The van der Waals surface area contributed by atoms with Gasteiger partial charge in [0.1, 0.15) is 5.65 Å². The Morgan fingerprint density at radius 2 is 2.17 bits per heavy atom. The highest BCUT2D eigenvalue weighted by Gasteiger charge is 2.39. The number of nitrogens with zero attached hydrogens (tertiary/aromatic N) is 2. The number of fused-ring (bicyclic) bond motifs is 2. The van der Waals surface area contributed by atoms with Crippen molar-refractivity contribution in [2.75, 3.05) is 6.54 Å². The summed E-state index contributed by atoms with van der Waals surface area (Å²) >= 11 is 0. The number of hydrogen-bond donors (Lipinski definition) is 2. The fourth-order valence-electron chi connectivity index (χ4n) is 4.03. The van der Waals surface area contributed by atoms with Crippen molar-refractivity contribution in [3.8, 4) is 0 Å². The zero-order chi connectivity index (χ0) is 20.8. The van der Waals surface area contributed by atoms with Gasteiger partial charge in [-0.15, -0.1) is 0 Å². The molecule has 2 aliphatic heterocycles. The molecule has 2 N–H and O–H groups in total. The fourth-order valence-corrected chi connectivity index (χ4v) is 4.03. The number of carboxylic acid groups (broad SMARTS) is 1. The van der Waals surface area contributed by atoms with Gasteiger partial charge in [0.25, 0.3) is 0 Å². The first-order chi connectivity index (χ1) is 14.5. The number of carbonyl (C=O) groups is 2. The molecule has 7 heteroatoms. The molecule has 0 radical (unpaired) electrons. The number of nitrogens with one attached hydrogen (secondary N) is 1. The Hall–Kier alpha value is -3.87. The standard InChI is InChI=1S/C23H19N3O4/c1-13-4-5-14-6-8-26(12-16(14)9-13)22-19(23(28)29)20(27)18(30-22)10-15-11-25-21-17(15)3-2-7-24-21/h2-5,7,9-11H,6,8,12H2,1H3,(H,24,25)(H,28,29). The molecule has 2 aromatic heterocycles. The minimum absolute atomic E-state index is 0.00203. The maximum absolute atomic E-state index is 12.9. The number of H-pyrrole nitrogens is 1. The van der Waals surface area contributed by atoms with Crippen LogP contribution in [0, 0.1) is 6.92 Å². The summed E-state index contributed by atoms with van der Waals surface area (Å²) in [6.45, 7) is 3.11. The number of hydrogen-bond acceptors (Lipinski definition) is 5. The SMILES string of the molecule is Cc1ccc2c(c1)CN(C1=C(C(=O)O)C(=O)C(=Cc3c[nH]c4ncccc34)O1)CC2. The third-order valence-electron chi connectivity index (χ3n) is 5.52. The molecule has 0 saturated heterocycles. The predicted molar refractivity (Wildman–Crippen MR) is 110 cm³/mol. The molecule has 30 heavy (non-hydrogen) atoms. The highest BCUT2D eigenvalue weighted by molar-refractivity contribution is 6.26. The average molecular weight is 401 g/mol. The molecule has 0 spiro atoms. The first-order valence-corrected chi connectivity index (χ1v) is 9.68. The van der Waals surface area contributed by atoms with Gasteiger partial charge in [0, 0.05) is 36.4 Å². The Morgan fingerprint density at radius 1 is 1.30 bits per heavy atom. The predicted octanol–water partition coefficient (Wildman–Crippen LogP) is 3.17. The molecule has 5 rings (SSSR count). The molecular formula is C23H19N3O4. The van der Waals surface area contributed by atoms with Gasteiger partial charge < -0.3 is 19.7 Å². The van der Waals surface area contributed by atoms with E-state index in [4.69, 9.17) is 4.74 Å². The normalized spacial score (nSPS) is 17.6. The summed E-state index contributed by atoms with van der Waals surface area (Å²) in [6.07, 6.45) is 5.72. The van der Waals surface area contributed by atoms with Gasteiger partial charge in [0.15, 0.2) is 11.3 Å². The van der Waals surface area contributed by atoms with Crippen LogP contribution in [-0.2, 0) is 27.3 Å². The zero-order valence-corrected chi connectivity index (χ0v) is 16.3. The van der Waals surface area contributed by atoms with E-state index in [1.54, 1.807) is 24.5 Å². The average Bonchev–Trinajstić information content (AvgIpc) is 3.29. The Bertz CT molecular complexity index is 1270. The van der Waals surface area contributed by atoms with Crippen molar-refractivity contribution in [1.82, 2.24) is 14.9 Å². The van der Waals surface area contributed by atoms with E-state index in [-0.39, 0.29) is 17.2 Å². The van der Waals surface area contributed by atoms with Crippen molar-refractivity contribution in [2.45, 2.75) is 19.9 Å². The quantitative estimate of drug-likeness (QED) is 0.517. The Morgan fingerprint density at radius 3 is 3.00 bits per heavy atom. The summed E-state index contributed by atoms with van der Waals surface area (Å²) in [5.74, 6) is -1.79. The molecule has 0 amide bonds. The minimum atomic E-state index is -1.28. The van der Waals surface area contributed by atoms with Gasteiger partial charge in [-0.25, -0.2) is 9.78 Å². The number of aryl methyl sites for hydroxylation is 1. The summed E-state index contributed by atoms with van der Waals surface area (Å²) in [7, 11) is 0. The van der Waals surface area contributed by atoms with Gasteiger partial charge in [-0.3, -0.25) is 4.79 Å². The monoisotopic (exact) mass is 401 g/mol. The topological polar surface area (TPSA) is 95.5 Å². The molecule has 7 nitrogen and oxygen atoms in total. The van der Waals surface area contributed by atoms with Crippen LogP contribution >= 0.6 is 0 Å². The van der Waals surface area contributed by atoms with Crippen LogP contribution in [-0.4, -0.2) is 38.3 Å². The molecular weight excluding hydrogens is 382 g/mol. The van der Waals surface area contributed by atoms with Crippen molar-refractivity contribution < 1.29 is 19.4 Å². The Balaban J connectivity index is 1.50. The van der Waals surface area contributed by atoms with Crippen LogP contribution in [0.2, 0.25) is 0 Å². The number of aliphatic carboxylic acids is 1. The number of aromatic amines is 1. The summed E-state index contributed by atoms with van der Waals surface area (Å²) in [5, 5.41) is 10.5. The summed E-state index contributed by atoms with van der Waals surface area (Å²) in [6, 6.07) is 9.94. The molecule has 0 saturated carbocycles. The number of ether oxygens (including phenoxy) is 1. The third kappa shape index (κ3) is 2.95. The zero-order valence-electron chi connectivity index (χ0n) is 16.3. The number of ketones is 1. The number of allylic oxidation sites excluding steroid dienone is 1. The number of pyridine rings is 1. The lowest BCUT2D eigenvalue weighted by atomic mass is 9.97. The van der Waals surface area contributed by atoms with E-state index in [1.165, 1.54) is 5.56 Å². The summed E-state index contributed by atoms with van der Waals surface area (Å²) < 4.78 is 5.86. The van der Waals surface area contributed by atoms with E-state index in [1.807, 2.05) is 17.9 Å². The number of carboxylic acids is 1. The van der Waals surface area contributed by atoms with Gasteiger partial charge >= 0.3 is 5.97 Å². The maximum Gasteiger partial charge on any atom is 0.345 e. The van der Waals surface area contributed by atoms with Gasteiger partial charge in [-0.2, -0.15) is 0 Å². The second-order valence-corrected chi connectivity index (χ2v) is 7.51. The smallest absolute Gasteiger partial charge is 0.345 e. The third-order valence-corrected chi connectivity index (χ3v) is 5.52. The molecule has 0 bridgehead atoms. The van der Waals surface area contributed by atoms with Crippen LogP contribution in [0.4, 0.5) is 0 Å². The van der Waals surface area contributed by atoms with Gasteiger partial charge in [-0.05, 0) is 42.7 Å². The van der Waals surface area contributed by atoms with Crippen molar-refractivity contribution in [3.63, 3.8) is 0 Å². The lowest BCUT2D eigenvalue weighted by molar-refractivity contribution is -0.134. The first kappa shape index (κ1) is 18.2. The van der Waals surface area contributed by atoms with Crippen molar-refractivity contribution >= 4 is 28.9 Å². The van der Waals surface area contributed by atoms with E-state index in [0.717, 1.165) is 22.9 Å². The van der Waals surface area contributed by atoms with Crippen molar-refractivity contribution in [1.29, 1.82) is 0 Å². The van der Waals surface area contributed by atoms with Crippen molar-refractivity contribution in [3.05, 3.63) is 82.2 Å². The molecule has 0 unspecified atom stereocenters. The fraction of sp³-hybridized carbons (Fsp3) is 0.174. The van der Waals surface area contributed by atoms with E-state index in [0.29, 0.717) is 24.3 Å². The van der Waals surface area contributed by atoms with Crippen LogP contribution in [0.3, 0.4) is 0 Å². The largest absolute Gasteiger partial charge is 0.477 e. The van der Waals surface area contributed by atoms with E-state index >= 15 is 0 Å². The number of rotatable bonds is 3. The molecule has 2 aliphatic rings. The number of carbonyl (C=O) groups excluding carboxylic acids is 1. The van der Waals surface area contributed by atoms with Crippen LogP contribution in [0.15, 0.2) is 59.9 Å². The molecule has 3 aromatic rings. The first-order valence-electron chi connectivity index (χ1n) is 9.68. The van der Waals surface area contributed by atoms with Crippen LogP contribution < -0.4 is 0 Å². The highest BCUT2D eigenvalue weighted by Crippen LogP contribution is 2.33. The molecule has 0 fully saturated rings. The van der Waals surface area contributed by atoms with Crippen LogP contribution in [0.1, 0.15) is 22.3 Å². The maximum atomic E-state index is 12.9. The molecule has 0 aliphatic carbocycles. The second-order valence-electron chi connectivity index (χ2n) is 7.51. The summed E-state index contributed by atoms with van der Waals surface area (Å²) in [4.78, 5) is 33.9. The molecule has 1 aromatic carbocycles. The van der Waals surface area contributed by atoms with E-state index in [2.05, 4.69) is 28.2 Å². The minimum Gasteiger partial charge on any atom is -0.477 e. The highest BCUT2D eigenvalue weighted by atomic mass is 16.5. The molecule has 4 heterocycles. The Labute approximate surface area is 172 Å².